The first kappa shape index (κ1) is 13.7. The third-order valence-corrected chi connectivity index (χ3v) is 4.26. The maximum Gasteiger partial charge on any atom is 0.351 e. The third-order valence-electron chi connectivity index (χ3n) is 3.41. The highest BCUT2D eigenvalue weighted by atomic mass is 31.1. The van der Waals surface area contributed by atoms with Crippen LogP contribution in [-0.4, -0.2) is 39.1 Å². The van der Waals surface area contributed by atoms with Crippen molar-refractivity contribution in [2.24, 2.45) is 0 Å². The van der Waals surface area contributed by atoms with Crippen molar-refractivity contribution in [3.63, 3.8) is 0 Å². The minimum absolute atomic E-state index is 0.0340. The second kappa shape index (κ2) is 4.64. The first-order chi connectivity index (χ1) is 9.39. The number of rotatable bonds is 1. The molecule has 10 heteroatoms. The van der Waals surface area contributed by atoms with Crippen molar-refractivity contribution in [2.45, 2.75) is 31.0 Å². The number of fused-ring (bicyclic) bond motifs is 1. The van der Waals surface area contributed by atoms with Gasteiger partial charge in [0.15, 0.2) is 6.23 Å². The van der Waals surface area contributed by atoms with Crippen LogP contribution in [0.2, 0.25) is 0 Å². The lowest BCUT2D eigenvalue weighted by atomic mass is 9.96. The van der Waals surface area contributed by atoms with Gasteiger partial charge in [-0.2, -0.15) is 4.98 Å². The molecule has 9 nitrogen and oxygen atoms in total. The van der Waals surface area contributed by atoms with Crippen LogP contribution >= 0.6 is 8.25 Å². The molecule has 2 fully saturated rings. The lowest BCUT2D eigenvalue weighted by Crippen LogP contribution is -2.48. The van der Waals surface area contributed by atoms with Gasteiger partial charge in [0.2, 0.25) is 0 Å². The molecule has 0 bridgehead atoms. The number of aromatic nitrogens is 2. The van der Waals surface area contributed by atoms with Crippen LogP contribution in [0.4, 0.5) is 5.82 Å². The molecule has 2 aliphatic rings. The van der Waals surface area contributed by atoms with Crippen LogP contribution in [0.3, 0.4) is 0 Å². The largest absolute Gasteiger partial charge is 0.383 e. The summed E-state index contributed by atoms with van der Waals surface area (Å²) in [4.78, 5) is 15.4. The quantitative estimate of drug-likeness (QED) is 0.651. The van der Waals surface area contributed by atoms with E-state index < -0.39 is 38.0 Å². The summed E-state index contributed by atoms with van der Waals surface area (Å²) in [5.74, 6) is 0.0749. The highest BCUT2D eigenvalue weighted by molar-refractivity contribution is 7.33. The summed E-state index contributed by atoms with van der Waals surface area (Å²) in [7, 11) is -2.65. The van der Waals surface area contributed by atoms with Crippen LogP contribution in [0.1, 0.15) is 13.2 Å². The van der Waals surface area contributed by atoms with Gasteiger partial charge in [-0.1, -0.05) is 0 Å². The van der Waals surface area contributed by atoms with Gasteiger partial charge in [0, 0.05) is 6.20 Å². The number of nitrogens with zero attached hydrogens (tertiary/aromatic N) is 2. The zero-order valence-corrected chi connectivity index (χ0v) is 11.6. The second-order valence-electron chi connectivity index (χ2n) is 4.89. The van der Waals surface area contributed by atoms with E-state index in [1.54, 1.807) is 0 Å². The normalized spacial score (nSPS) is 40.5. The fourth-order valence-corrected chi connectivity index (χ4v) is 3.42. The van der Waals surface area contributed by atoms with Gasteiger partial charge in [0.05, 0.1) is 6.61 Å². The average Bonchev–Trinajstić information content (AvgIpc) is 2.62. The maximum absolute atomic E-state index is 11.8. The molecular formula is C10H14N3O6P. The lowest BCUT2D eigenvalue weighted by molar-refractivity contribution is -0.0923. The van der Waals surface area contributed by atoms with Crippen molar-refractivity contribution in [1.29, 1.82) is 0 Å². The standard InChI is InChI=1S/C10H14N3O6P/c1-10(15)7-5(4-17-20(16)19-7)18-8(10)13-3-2-6(11)12-9(13)14/h2-3,5,7-8,15,20H,4H2,1H3,(H2,11,12,14)/t5-,7-,8-,10-/m1/s1. The van der Waals surface area contributed by atoms with Crippen molar-refractivity contribution >= 4 is 14.1 Å². The van der Waals surface area contributed by atoms with E-state index in [2.05, 4.69) is 4.98 Å². The van der Waals surface area contributed by atoms with E-state index in [1.807, 2.05) is 0 Å². The number of aliphatic hydroxyl groups is 1. The SMILES string of the molecule is C[C@@]1(O)[C@@H]2O[PH](=O)OC[C@H]2O[C@H]1n1ccc(N)nc1=O. The topological polar surface area (TPSA) is 126 Å². The Kier molecular flexibility index (Phi) is 3.19. The van der Waals surface area contributed by atoms with E-state index in [-0.39, 0.29) is 12.4 Å². The van der Waals surface area contributed by atoms with Crippen LogP contribution in [0, 0.1) is 0 Å². The second-order valence-corrected chi connectivity index (χ2v) is 5.92. The van der Waals surface area contributed by atoms with Crippen molar-refractivity contribution in [2.75, 3.05) is 12.3 Å². The van der Waals surface area contributed by atoms with E-state index in [0.29, 0.717) is 0 Å². The van der Waals surface area contributed by atoms with Gasteiger partial charge in [0.1, 0.15) is 23.6 Å². The minimum atomic E-state index is -2.65. The molecule has 0 spiro atoms. The van der Waals surface area contributed by atoms with E-state index in [0.717, 1.165) is 4.57 Å². The molecule has 0 aromatic carbocycles. The van der Waals surface area contributed by atoms with Crippen LogP contribution in [-0.2, 0) is 18.3 Å². The fraction of sp³-hybridized carbons (Fsp3) is 0.600. The summed E-state index contributed by atoms with van der Waals surface area (Å²) in [6, 6.07) is 1.42. The summed E-state index contributed by atoms with van der Waals surface area (Å²) in [5.41, 5.74) is 3.22. The Labute approximate surface area is 114 Å². The molecule has 0 amide bonds. The molecule has 1 aromatic rings. The summed E-state index contributed by atoms with van der Waals surface area (Å²) in [6.07, 6.45) is -1.08. The zero-order valence-electron chi connectivity index (χ0n) is 10.6. The molecule has 0 radical (unpaired) electrons. The number of nitrogen functional groups attached to an aromatic ring is 1. The molecule has 3 rings (SSSR count). The zero-order chi connectivity index (χ0) is 14.5. The molecule has 2 saturated heterocycles. The molecule has 20 heavy (non-hydrogen) atoms. The third kappa shape index (κ3) is 2.07. The smallest absolute Gasteiger partial charge is 0.351 e. The molecule has 0 aliphatic carbocycles. The average molecular weight is 303 g/mol. The van der Waals surface area contributed by atoms with Crippen molar-refractivity contribution in [3.05, 3.63) is 22.7 Å². The summed E-state index contributed by atoms with van der Waals surface area (Å²) < 4.78 is 28.1. The van der Waals surface area contributed by atoms with E-state index >= 15 is 0 Å². The van der Waals surface area contributed by atoms with Crippen LogP contribution in [0.5, 0.6) is 0 Å². The highest BCUT2D eigenvalue weighted by Crippen LogP contribution is 2.47. The molecule has 3 heterocycles. The number of hydrogen-bond donors (Lipinski definition) is 2. The Morgan fingerprint density at radius 1 is 1.65 bits per heavy atom. The summed E-state index contributed by atoms with van der Waals surface area (Å²) >= 11 is 0. The number of ether oxygens (including phenoxy) is 1. The van der Waals surface area contributed by atoms with E-state index in [1.165, 1.54) is 19.2 Å². The van der Waals surface area contributed by atoms with Gasteiger partial charge in [-0.3, -0.25) is 9.13 Å². The number of hydrogen-bond acceptors (Lipinski definition) is 8. The van der Waals surface area contributed by atoms with Crippen LogP contribution < -0.4 is 11.4 Å². The van der Waals surface area contributed by atoms with Crippen molar-refractivity contribution < 1.29 is 23.5 Å². The van der Waals surface area contributed by atoms with Gasteiger partial charge < -0.3 is 24.6 Å². The Morgan fingerprint density at radius 2 is 2.40 bits per heavy atom. The first-order valence-electron chi connectivity index (χ1n) is 5.95. The van der Waals surface area contributed by atoms with Crippen LogP contribution in [0.25, 0.3) is 0 Å². The molecule has 0 saturated carbocycles. The highest BCUT2D eigenvalue weighted by Gasteiger charge is 2.57. The molecule has 110 valence electrons. The summed E-state index contributed by atoms with van der Waals surface area (Å²) in [5, 5.41) is 10.6. The van der Waals surface area contributed by atoms with Crippen molar-refractivity contribution in [3.8, 4) is 0 Å². The predicted octanol–water partition coefficient (Wildman–Crippen LogP) is -0.721. The van der Waals surface area contributed by atoms with Gasteiger partial charge >= 0.3 is 13.9 Å². The lowest BCUT2D eigenvalue weighted by Gasteiger charge is -2.31. The Bertz CT molecular complexity index is 617. The summed E-state index contributed by atoms with van der Waals surface area (Å²) in [6.45, 7) is 1.48. The molecule has 1 unspecified atom stereocenters. The van der Waals surface area contributed by atoms with E-state index in [9.17, 15) is 14.5 Å². The van der Waals surface area contributed by atoms with Gasteiger partial charge in [-0.25, -0.2) is 4.79 Å². The number of anilines is 1. The van der Waals surface area contributed by atoms with Crippen molar-refractivity contribution in [1.82, 2.24) is 9.55 Å². The van der Waals surface area contributed by atoms with Gasteiger partial charge in [-0.15, -0.1) is 0 Å². The molecule has 5 atom stereocenters. The van der Waals surface area contributed by atoms with Gasteiger partial charge in [0.25, 0.3) is 0 Å². The fourth-order valence-electron chi connectivity index (χ4n) is 2.45. The Hall–Kier alpha value is -1.25. The minimum Gasteiger partial charge on any atom is -0.383 e. The van der Waals surface area contributed by atoms with Gasteiger partial charge in [-0.05, 0) is 13.0 Å². The maximum atomic E-state index is 11.8. The van der Waals surface area contributed by atoms with E-state index in [4.69, 9.17) is 19.5 Å². The van der Waals surface area contributed by atoms with Crippen LogP contribution in [0.15, 0.2) is 17.1 Å². The molecule has 2 aliphatic heterocycles. The molecular weight excluding hydrogens is 289 g/mol. The molecule has 3 N–H and O–H groups in total. The first-order valence-corrected chi connectivity index (χ1v) is 7.18. The predicted molar refractivity (Wildman–Crippen MR) is 67.3 cm³/mol. The Morgan fingerprint density at radius 3 is 3.10 bits per heavy atom. The monoisotopic (exact) mass is 303 g/mol. The molecule has 1 aromatic heterocycles. The Balaban J connectivity index is 1.98. The number of nitrogens with two attached hydrogens (primary N) is 1.